The fourth-order valence-electron chi connectivity index (χ4n) is 3.17. The molecule has 0 aliphatic carbocycles. The Hall–Kier alpha value is -2.18. The first-order chi connectivity index (χ1) is 11.5. The number of aryl methyl sites for hydroxylation is 2. The topological polar surface area (TPSA) is 85.3 Å². The minimum atomic E-state index is -0.0952. The lowest BCUT2D eigenvalue weighted by molar-refractivity contribution is -0.132. The second kappa shape index (κ2) is 6.75. The first-order valence-corrected chi connectivity index (χ1v) is 8.52. The molecule has 1 unspecified atom stereocenters. The lowest BCUT2D eigenvalue weighted by atomic mass is 10.1. The zero-order valence-corrected chi connectivity index (χ0v) is 14.7. The van der Waals surface area contributed by atoms with Crippen molar-refractivity contribution in [1.82, 2.24) is 20.2 Å². The minimum absolute atomic E-state index is 0.0952. The maximum absolute atomic E-state index is 12.7. The third kappa shape index (κ3) is 3.20. The molecule has 7 nitrogen and oxygen atoms in total. The number of carbonyl (C=O) groups excluding carboxylic acids is 1. The number of aromatic nitrogens is 3. The molecule has 130 valence electrons. The minimum Gasteiger partial charge on any atom is -0.361 e. The molecule has 3 heterocycles. The summed E-state index contributed by atoms with van der Waals surface area (Å²) in [5, 5.41) is 7.96. The molecular formula is C17H24N4O3. The van der Waals surface area contributed by atoms with Crippen LogP contribution < -0.4 is 0 Å². The van der Waals surface area contributed by atoms with Crippen LogP contribution in [0.15, 0.2) is 9.05 Å². The summed E-state index contributed by atoms with van der Waals surface area (Å²) in [5.74, 6) is 2.37. The van der Waals surface area contributed by atoms with Crippen molar-refractivity contribution in [3.05, 3.63) is 28.7 Å². The molecule has 0 spiro atoms. The number of rotatable bonds is 5. The van der Waals surface area contributed by atoms with Crippen molar-refractivity contribution in [3.8, 4) is 0 Å². The van der Waals surface area contributed by atoms with E-state index in [0.29, 0.717) is 24.6 Å². The third-order valence-corrected chi connectivity index (χ3v) is 4.60. The van der Waals surface area contributed by atoms with E-state index < -0.39 is 0 Å². The van der Waals surface area contributed by atoms with Gasteiger partial charge in [-0.05, 0) is 33.1 Å². The Morgan fingerprint density at radius 1 is 1.29 bits per heavy atom. The van der Waals surface area contributed by atoms with Gasteiger partial charge in [-0.3, -0.25) is 4.79 Å². The van der Waals surface area contributed by atoms with Gasteiger partial charge in [0.25, 0.3) is 0 Å². The van der Waals surface area contributed by atoms with E-state index >= 15 is 0 Å². The summed E-state index contributed by atoms with van der Waals surface area (Å²) < 4.78 is 10.6. The molecule has 24 heavy (non-hydrogen) atoms. The van der Waals surface area contributed by atoms with Gasteiger partial charge in [0, 0.05) is 24.4 Å². The lowest BCUT2D eigenvalue weighted by Crippen LogP contribution is -2.31. The third-order valence-electron chi connectivity index (χ3n) is 4.60. The number of likely N-dealkylation sites (tertiary alicyclic amines) is 1. The van der Waals surface area contributed by atoms with Gasteiger partial charge in [0.2, 0.25) is 11.8 Å². The summed E-state index contributed by atoms with van der Waals surface area (Å²) in [7, 11) is 0. The molecular weight excluding hydrogens is 308 g/mol. The highest BCUT2D eigenvalue weighted by Crippen LogP contribution is 2.32. The highest BCUT2D eigenvalue weighted by molar-refractivity contribution is 5.77. The van der Waals surface area contributed by atoms with E-state index in [1.165, 1.54) is 0 Å². The van der Waals surface area contributed by atoms with Crippen molar-refractivity contribution in [2.75, 3.05) is 6.54 Å². The first-order valence-electron chi connectivity index (χ1n) is 8.52. The lowest BCUT2D eigenvalue weighted by Gasteiger charge is -2.21. The Morgan fingerprint density at radius 3 is 2.71 bits per heavy atom. The highest BCUT2D eigenvalue weighted by Gasteiger charge is 2.34. The normalized spacial score (nSPS) is 17.9. The van der Waals surface area contributed by atoms with E-state index in [1.807, 2.05) is 32.6 Å². The number of nitrogens with zero attached hydrogens (tertiary/aromatic N) is 4. The van der Waals surface area contributed by atoms with Gasteiger partial charge in [0.1, 0.15) is 11.8 Å². The Kier molecular flexibility index (Phi) is 4.69. The van der Waals surface area contributed by atoms with Gasteiger partial charge >= 0.3 is 0 Å². The van der Waals surface area contributed by atoms with Crippen LogP contribution in [-0.4, -0.2) is 32.6 Å². The van der Waals surface area contributed by atoms with E-state index in [0.717, 1.165) is 36.4 Å². The van der Waals surface area contributed by atoms with Crippen LogP contribution in [0.4, 0.5) is 0 Å². The predicted molar refractivity (Wildman–Crippen MR) is 86.4 cm³/mol. The zero-order valence-electron chi connectivity index (χ0n) is 14.7. The van der Waals surface area contributed by atoms with Gasteiger partial charge in [-0.2, -0.15) is 4.98 Å². The second-order valence-electron chi connectivity index (χ2n) is 6.69. The fraction of sp³-hybridized carbons (Fsp3) is 0.647. The Morgan fingerprint density at radius 2 is 2.08 bits per heavy atom. The molecule has 0 aromatic carbocycles. The summed E-state index contributed by atoms with van der Waals surface area (Å²) in [6, 6.07) is -0.0952. The predicted octanol–water partition coefficient (Wildman–Crippen LogP) is 3.09. The van der Waals surface area contributed by atoms with Gasteiger partial charge in [0.05, 0.1) is 5.69 Å². The van der Waals surface area contributed by atoms with Gasteiger partial charge in [0.15, 0.2) is 5.82 Å². The van der Waals surface area contributed by atoms with Gasteiger partial charge in [-0.15, -0.1) is 0 Å². The molecule has 1 saturated heterocycles. The Bertz CT molecular complexity index is 700. The van der Waals surface area contributed by atoms with Crippen molar-refractivity contribution in [1.29, 1.82) is 0 Å². The van der Waals surface area contributed by atoms with Crippen molar-refractivity contribution >= 4 is 5.91 Å². The zero-order chi connectivity index (χ0) is 17.3. The fourth-order valence-corrected chi connectivity index (χ4v) is 3.17. The average Bonchev–Trinajstić information content (AvgIpc) is 3.25. The molecule has 1 atom stereocenters. The van der Waals surface area contributed by atoms with Crippen LogP contribution >= 0.6 is 0 Å². The maximum Gasteiger partial charge on any atom is 0.249 e. The van der Waals surface area contributed by atoms with Crippen LogP contribution in [0.1, 0.15) is 73.8 Å². The van der Waals surface area contributed by atoms with Gasteiger partial charge in [-0.1, -0.05) is 24.2 Å². The highest BCUT2D eigenvalue weighted by atomic mass is 16.5. The average molecular weight is 332 g/mol. The van der Waals surface area contributed by atoms with E-state index in [9.17, 15) is 4.79 Å². The SMILES string of the molecule is Cc1noc(C)c1CCC(=O)N1CCCC1c1nc(C(C)C)no1. The van der Waals surface area contributed by atoms with Crippen LogP contribution in [0.5, 0.6) is 0 Å². The van der Waals surface area contributed by atoms with Crippen LogP contribution in [0, 0.1) is 13.8 Å². The molecule has 1 amide bonds. The molecule has 1 aliphatic rings. The quantitative estimate of drug-likeness (QED) is 0.836. The Labute approximate surface area is 141 Å². The molecule has 0 saturated carbocycles. The Balaban J connectivity index is 1.67. The smallest absolute Gasteiger partial charge is 0.249 e. The number of hydrogen-bond donors (Lipinski definition) is 0. The molecule has 1 fully saturated rings. The molecule has 1 aliphatic heterocycles. The second-order valence-corrected chi connectivity index (χ2v) is 6.69. The summed E-state index contributed by atoms with van der Waals surface area (Å²) >= 11 is 0. The standard InChI is InChI=1S/C17H24N4O3/c1-10(2)16-18-17(24-20-16)14-6-5-9-21(14)15(22)8-7-13-11(3)19-23-12(13)4/h10,14H,5-9H2,1-4H3. The van der Waals surface area contributed by atoms with Gasteiger partial charge < -0.3 is 13.9 Å². The number of amides is 1. The molecule has 2 aromatic rings. The van der Waals surface area contributed by atoms with E-state index in [2.05, 4.69) is 15.3 Å². The summed E-state index contributed by atoms with van der Waals surface area (Å²) in [6.45, 7) is 8.57. The number of carbonyl (C=O) groups is 1. The van der Waals surface area contributed by atoms with Gasteiger partial charge in [-0.25, -0.2) is 0 Å². The van der Waals surface area contributed by atoms with Crippen LogP contribution in [0.3, 0.4) is 0 Å². The molecule has 0 bridgehead atoms. The van der Waals surface area contributed by atoms with Crippen LogP contribution in [0.25, 0.3) is 0 Å². The van der Waals surface area contributed by atoms with E-state index in [-0.39, 0.29) is 17.9 Å². The van der Waals surface area contributed by atoms with Crippen molar-refractivity contribution in [3.63, 3.8) is 0 Å². The van der Waals surface area contributed by atoms with E-state index in [1.54, 1.807) is 0 Å². The monoisotopic (exact) mass is 332 g/mol. The van der Waals surface area contributed by atoms with E-state index in [4.69, 9.17) is 9.05 Å². The van der Waals surface area contributed by atoms with Crippen molar-refractivity contribution in [2.24, 2.45) is 0 Å². The summed E-state index contributed by atoms with van der Waals surface area (Å²) in [6.07, 6.45) is 2.91. The van der Waals surface area contributed by atoms with Crippen LogP contribution in [-0.2, 0) is 11.2 Å². The largest absolute Gasteiger partial charge is 0.361 e. The van der Waals surface area contributed by atoms with Crippen molar-refractivity contribution < 1.29 is 13.8 Å². The summed E-state index contributed by atoms with van der Waals surface area (Å²) in [4.78, 5) is 19.0. The molecule has 0 radical (unpaired) electrons. The molecule has 7 heteroatoms. The maximum atomic E-state index is 12.7. The summed E-state index contributed by atoms with van der Waals surface area (Å²) in [5.41, 5.74) is 1.88. The van der Waals surface area contributed by atoms with Crippen LogP contribution in [0.2, 0.25) is 0 Å². The molecule has 0 N–H and O–H groups in total. The van der Waals surface area contributed by atoms with Crippen molar-refractivity contribution in [2.45, 2.75) is 65.3 Å². The first kappa shape index (κ1) is 16.7. The molecule has 3 rings (SSSR count). The number of hydrogen-bond acceptors (Lipinski definition) is 6. The molecule has 2 aromatic heterocycles.